The maximum atomic E-state index is 12.8. The Balaban J connectivity index is 1.91. The van der Waals surface area contributed by atoms with Crippen LogP contribution in [0.25, 0.3) is 0 Å². The molecule has 6 heteroatoms. The third-order valence-electron chi connectivity index (χ3n) is 2.40. The third-order valence-corrected chi connectivity index (χ3v) is 3.11. The Morgan fingerprint density at radius 2 is 2.06 bits per heavy atom. The lowest BCUT2D eigenvalue weighted by Gasteiger charge is -1.98. The van der Waals surface area contributed by atoms with Crippen LogP contribution in [-0.2, 0) is 6.42 Å². The Morgan fingerprint density at radius 1 is 1.28 bits per heavy atom. The number of nitrogens with one attached hydrogen (secondary N) is 1. The van der Waals surface area contributed by atoms with Crippen LogP contribution in [0.1, 0.15) is 17.8 Å². The van der Waals surface area contributed by atoms with Crippen molar-refractivity contribution in [3.63, 3.8) is 0 Å². The normalized spacial score (nSPS) is 10.6. The van der Waals surface area contributed by atoms with Crippen LogP contribution >= 0.6 is 11.5 Å². The molecule has 1 aromatic heterocycles. The molecule has 0 saturated carbocycles. The van der Waals surface area contributed by atoms with Crippen molar-refractivity contribution in [3.8, 4) is 0 Å². The number of hydrogen-bond acceptors (Lipinski definition) is 5. The Hall–Kier alpha value is -1.53. The molecule has 96 valence electrons. The molecule has 0 aliphatic rings. The second kappa shape index (κ2) is 6.42. The fraction of sp³-hybridized carbons (Fsp3) is 0.333. The summed E-state index contributed by atoms with van der Waals surface area (Å²) in [6.07, 6.45) is 1.53. The number of nitrogens with zero attached hydrogens (tertiary/aromatic N) is 2. The van der Waals surface area contributed by atoms with Gasteiger partial charge in [-0.1, -0.05) is 12.1 Å². The molecule has 0 atom stereocenters. The molecule has 2 aromatic rings. The van der Waals surface area contributed by atoms with Crippen LogP contribution in [0.15, 0.2) is 24.3 Å². The van der Waals surface area contributed by atoms with Gasteiger partial charge in [-0.25, -0.2) is 9.37 Å². The van der Waals surface area contributed by atoms with Crippen molar-refractivity contribution in [1.29, 1.82) is 0 Å². The van der Waals surface area contributed by atoms with Crippen molar-refractivity contribution in [1.82, 2.24) is 9.36 Å². The molecule has 0 fully saturated rings. The molecule has 0 aliphatic carbocycles. The van der Waals surface area contributed by atoms with Crippen LogP contribution in [-0.4, -0.2) is 22.4 Å². The van der Waals surface area contributed by atoms with Crippen LogP contribution in [0.5, 0.6) is 0 Å². The van der Waals surface area contributed by atoms with E-state index in [1.807, 2.05) is 0 Å². The highest BCUT2D eigenvalue weighted by Crippen LogP contribution is 2.14. The lowest BCUT2D eigenvalue weighted by atomic mass is 10.1. The summed E-state index contributed by atoms with van der Waals surface area (Å²) < 4.78 is 17.0. The van der Waals surface area contributed by atoms with Gasteiger partial charge in [-0.05, 0) is 30.7 Å². The minimum atomic E-state index is -0.228. The summed E-state index contributed by atoms with van der Waals surface area (Å²) in [5.74, 6) is 0.524. The van der Waals surface area contributed by atoms with E-state index in [4.69, 9.17) is 5.73 Å². The van der Waals surface area contributed by atoms with E-state index in [0.29, 0.717) is 13.0 Å². The van der Waals surface area contributed by atoms with E-state index >= 15 is 0 Å². The summed E-state index contributed by atoms with van der Waals surface area (Å²) in [4.78, 5) is 4.36. The van der Waals surface area contributed by atoms with Crippen molar-refractivity contribution in [2.45, 2.75) is 12.8 Å². The first-order valence-electron chi connectivity index (χ1n) is 5.79. The molecule has 0 saturated heterocycles. The number of nitrogens with two attached hydrogens (primary N) is 1. The van der Waals surface area contributed by atoms with Crippen LogP contribution in [0.4, 0.5) is 9.52 Å². The lowest BCUT2D eigenvalue weighted by molar-refractivity contribution is 0.627. The molecule has 4 nitrogen and oxygen atoms in total. The van der Waals surface area contributed by atoms with Gasteiger partial charge >= 0.3 is 0 Å². The first-order chi connectivity index (χ1) is 8.78. The van der Waals surface area contributed by atoms with E-state index in [1.54, 1.807) is 12.1 Å². The molecule has 2 rings (SSSR count). The van der Waals surface area contributed by atoms with E-state index in [1.165, 1.54) is 23.7 Å². The average Bonchev–Trinajstić information content (AvgIpc) is 2.80. The summed E-state index contributed by atoms with van der Waals surface area (Å²) >= 11 is 1.34. The average molecular weight is 266 g/mol. The molecule has 1 aromatic carbocycles. The maximum absolute atomic E-state index is 12.8. The minimum absolute atomic E-state index is 0.228. The largest absolute Gasteiger partial charge is 0.360 e. The number of hydrogen-bond donors (Lipinski definition) is 2. The van der Waals surface area contributed by atoms with Crippen molar-refractivity contribution in [2.75, 3.05) is 18.4 Å². The first-order valence-corrected chi connectivity index (χ1v) is 6.56. The summed E-state index contributed by atoms with van der Waals surface area (Å²) in [5, 5.41) is 3.97. The van der Waals surface area contributed by atoms with Crippen molar-refractivity contribution >= 4 is 16.7 Å². The quantitative estimate of drug-likeness (QED) is 0.785. The lowest BCUT2D eigenvalue weighted by Crippen LogP contribution is -2.08. The number of anilines is 1. The Morgan fingerprint density at radius 3 is 2.78 bits per heavy atom. The van der Waals surface area contributed by atoms with Gasteiger partial charge in [-0.3, -0.25) is 0 Å². The smallest absolute Gasteiger partial charge is 0.202 e. The molecule has 3 N–H and O–H groups in total. The fourth-order valence-corrected chi connectivity index (χ4v) is 2.09. The second-order valence-corrected chi connectivity index (χ2v) is 4.64. The molecule has 1 heterocycles. The van der Waals surface area contributed by atoms with Gasteiger partial charge in [0.05, 0.1) is 0 Å². The number of halogens is 1. The van der Waals surface area contributed by atoms with Crippen molar-refractivity contribution in [2.24, 2.45) is 5.73 Å². The number of benzene rings is 1. The Bertz CT molecular complexity index is 483. The zero-order valence-corrected chi connectivity index (χ0v) is 10.7. The van der Waals surface area contributed by atoms with Crippen molar-refractivity contribution in [3.05, 3.63) is 41.5 Å². The van der Waals surface area contributed by atoms with E-state index in [9.17, 15) is 4.39 Å². The predicted molar refractivity (Wildman–Crippen MR) is 71.3 cm³/mol. The highest BCUT2D eigenvalue weighted by molar-refractivity contribution is 7.09. The zero-order valence-electron chi connectivity index (χ0n) is 9.90. The SMILES string of the molecule is NCCCNc1nc(Cc2ccc(F)cc2)ns1. The molecule has 0 aliphatic heterocycles. The summed E-state index contributed by atoms with van der Waals surface area (Å²) in [6, 6.07) is 6.39. The van der Waals surface area contributed by atoms with E-state index in [2.05, 4.69) is 14.7 Å². The predicted octanol–water partition coefficient (Wildman–Crippen LogP) is 2.03. The fourth-order valence-electron chi connectivity index (χ4n) is 1.48. The molecule has 0 radical (unpaired) electrons. The zero-order chi connectivity index (χ0) is 12.8. The topological polar surface area (TPSA) is 63.8 Å². The molecule has 18 heavy (non-hydrogen) atoms. The minimum Gasteiger partial charge on any atom is -0.360 e. The number of rotatable bonds is 6. The summed E-state index contributed by atoms with van der Waals surface area (Å²) in [7, 11) is 0. The standard InChI is InChI=1S/C12H15FN4S/c13-10-4-2-9(3-5-10)8-11-16-12(18-17-11)15-7-1-6-14/h2-5H,1,6-8,14H2,(H,15,16,17). The van der Waals surface area contributed by atoms with Gasteiger partial charge < -0.3 is 11.1 Å². The first kappa shape index (κ1) is 12.9. The molecule has 0 spiro atoms. The maximum Gasteiger partial charge on any atom is 0.202 e. The summed E-state index contributed by atoms with van der Waals surface area (Å²) in [5.41, 5.74) is 6.41. The van der Waals surface area contributed by atoms with Crippen LogP contribution in [0.2, 0.25) is 0 Å². The van der Waals surface area contributed by atoms with Crippen molar-refractivity contribution < 1.29 is 4.39 Å². The van der Waals surface area contributed by atoms with Crippen LogP contribution < -0.4 is 11.1 Å². The summed E-state index contributed by atoms with van der Waals surface area (Å²) in [6.45, 7) is 1.47. The molecule has 0 bridgehead atoms. The van der Waals surface area contributed by atoms with E-state index in [-0.39, 0.29) is 5.82 Å². The van der Waals surface area contributed by atoms with E-state index < -0.39 is 0 Å². The van der Waals surface area contributed by atoms with Gasteiger partial charge in [0.2, 0.25) is 5.13 Å². The molecular formula is C12H15FN4S. The molecular weight excluding hydrogens is 251 g/mol. The second-order valence-electron chi connectivity index (χ2n) is 3.89. The van der Waals surface area contributed by atoms with Gasteiger partial charge in [0.15, 0.2) is 0 Å². The van der Waals surface area contributed by atoms with Crippen LogP contribution in [0.3, 0.4) is 0 Å². The Labute approximate surface area is 109 Å². The third kappa shape index (κ3) is 3.75. The van der Waals surface area contributed by atoms with Gasteiger partial charge in [-0.15, -0.1) is 0 Å². The molecule has 0 unspecified atom stereocenters. The van der Waals surface area contributed by atoms with Gasteiger partial charge in [0.1, 0.15) is 11.6 Å². The van der Waals surface area contributed by atoms with Gasteiger partial charge in [0.25, 0.3) is 0 Å². The molecule has 0 amide bonds. The highest BCUT2D eigenvalue weighted by atomic mass is 32.1. The highest BCUT2D eigenvalue weighted by Gasteiger charge is 2.04. The van der Waals surface area contributed by atoms with E-state index in [0.717, 1.165) is 29.5 Å². The van der Waals surface area contributed by atoms with Crippen LogP contribution in [0, 0.1) is 5.82 Å². The van der Waals surface area contributed by atoms with Gasteiger partial charge in [-0.2, -0.15) is 4.37 Å². The monoisotopic (exact) mass is 266 g/mol. The Kier molecular flexibility index (Phi) is 4.60. The van der Waals surface area contributed by atoms with Gasteiger partial charge in [0, 0.05) is 24.5 Å². The number of aromatic nitrogens is 2.